The molecule has 0 aromatic rings. The first kappa shape index (κ1) is 13.1. The molecular weight excluding hydrogens is 212 g/mol. The Labute approximate surface area is 105 Å². The zero-order valence-corrected chi connectivity index (χ0v) is 11.1. The van der Waals surface area contributed by atoms with Gasteiger partial charge in [0, 0.05) is 18.6 Å². The second-order valence-electron chi connectivity index (χ2n) is 5.52. The molecule has 2 aliphatic heterocycles. The minimum Gasteiger partial charge on any atom is -0.376 e. The predicted molar refractivity (Wildman–Crippen MR) is 71.3 cm³/mol. The average Bonchev–Trinajstić information content (AvgIpc) is 2.75. The molecule has 2 fully saturated rings. The zero-order valence-electron chi connectivity index (χ0n) is 11.1. The number of hydrogen-bond donors (Lipinski definition) is 1. The quantitative estimate of drug-likeness (QED) is 0.564. The molecule has 2 atom stereocenters. The Kier molecular flexibility index (Phi) is 5.01. The fourth-order valence-electron chi connectivity index (χ4n) is 2.99. The molecule has 17 heavy (non-hydrogen) atoms. The van der Waals surface area contributed by atoms with Crippen LogP contribution in [-0.2, 0) is 4.74 Å². The van der Waals surface area contributed by atoms with Gasteiger partial charge in [-0.25, -0.2) is 0 Å². The predicted octanol–water partition coefficient (Wildman–Crippen LogP) is 1.80. The monoisotopic (exact) mass is 238 g/mol. The summed E-state index contributed by atoms with van der Waals surface area (Å²) in [6, 6.07) is 1.57. The maximum Gasteiger partial charge on any atom is 0.0672 e. The highest BCUT2D eigenvalue weighted by atomic mass is 16.5. The normalized spacial score (nSPS) is 29.2. The second-order valence-corrected chi connectivity index (χ2v) is 5.52. The van der Waals surface area contributed by atoms with Crippen LogP contribution in [0.3, 0.4) is 0 Å². The summed E-state index contributed by atoms with van der Waals surface area (Å²) in [6.45, 7) is 10.9. The lowest BCUT2D eigenvalue weighted by molar-refractivity contribution is 0.137. The molecule has 3 heteroatoms. The SMILES string of the molecule is C=C(C)COCCNC1CCN2CCCC2C1. The first-order valence-corrected chi connectivity index (χ1v) is 6.95. The van der Waals surface area contributed by atoms with Crippen molar-refractivity contribution in [2.24, 2.45) is 0 Å². The van der Waals surface area contributed by atoms with Gasteiger partial charge in [-0.3, -0.25) is 0 Å². The van der Waals surface area contributed by atoms with Gasteiger partial charge in [0.15, 0.2) is 0 Å². The van der Waals surface area contributed by atoms with Crippen molar-refractivity contribution in [1.29, 1.82) is 0 Å². The number of hydrogen-bond acceptors (Lipinski definition) is 3. The number of nitrogens with zero attached hydrogens (tertiary/aromatic N) is 1. The fraction of sp³-hybridized carbons (Fsp3) is 0.857. The first-order valence-electron chi connectivity index (χ1n) is 6.95. The van der Waals surface area contributed by atoms with Gasteiger partial charge in [-0.15, -0.1) is 0 Å². The summed E-state index contributed by atoms with van der Waals surface area (Å²) in [7, 11) is 0. The van der Waals surface area contributed by atoms with Crippen molar-refractivity contribution >= 4 is 0 Å². The maximum atomic E-state index is 5.50. The van der Waals surface area contributed by atoms with E-state index in [1.54, 1.807) is 0 Å². The summed E-state index contributed by atoms with van der Waals surface area (Å²) in [5.74, 6) is 0. The number of piperidine rings is 1. The van der Waals surface area contributed by atoms with Crippen molar-refractivity contribution in [2.45, 2.75) is 44.7 Å². The third kappa shape index (κ3) is 4.09. The molecule has 0 saturated carbocycles. The molecule has 2 rings (SSSR count). The Morgan fingerprint density at radius 2 is 2.29 bits per heavy atom. The van der Waals surface area contributed by atoms with E-state index in [-0.39, 0.29) is 0 Å². The Balaban J connectivity index is 1.56. The van der Waals surface area contributed by atoms with E-state index in [0.29, 0.717) is 12.6 Å². The lowest BCUT2D eigenvalue weighted by Crippen LogP contribution is -2.46. The molecule has 0 aliphatic carbocycles. The van der Waals surface area contributed by atoms with Crippen LogP contribution in [-0.4, -0.2) is 49.8 Å². The Bertz CT molecular complexity index is 255. The average molecular weight is 238 g/mol. The van der Waals surface area contributed by atoms with Crippen molar-refractivity contribution in [1.82, 2.24) is 10.2 Å². The molecule has 0 aromatic carbocycles. The van der Waals surface area contributed by atoms with Gasteiger partial charge in [-0.1, -0.05) is 12.2 Å². The van der Waals surface area contributed by atoms with Gasteiger partial charge < -0.3 is 15.0 Å². The highest BCUT2D eigenvalue weighted by Gasteiger charge is 2.31. The summed E-state index contributed by atoms with van der Waals surface area (Å²) >= 11 is 0. The van der Waals surface area contributed by atoms with Gasteiger partial charge in [-0.05, 0) is 45.7 Å². The molecule has 2 heterocycles. The summed E-state index contributed by atoms with van der Waals surface area (Å²) in [5.41, 5.74) is 1.10. The molecule has 1 N–H and O–H groups in total. The van der Waals surface area contributed by atoms with E-state index in [1.807, 2.05) is 6.92 Å². The van der Waals surface area contributed by atoms with Gasteiger partial charge in [-0.2, -0.15) is 0 Å². The molecule has 3 nitrogen and oxygen atoms in total. The van der Waals surface area contributed by atoms with E-state index in [0.717, 1.165) is 24.8 Å². The van der Waals surface area contributed by atoms with Gasteiger partial charge in [0.1, 0.15) is 0 Å². The Morgan fingerprint density at radius 1 is 1.41 bits per heavy atom. The smallest absolute Gasteiger partial charge is 0.0672 e. The van der Waals surface area contributed by atoms with Crippen LogP contribution in [0.25, 0.3) is 0 Å². The largest absolute Gasteiger partial charge is 0.376 e. The molecule has 98 valence electrons. The summed E-state index contributed by atoms with van der Waals surface area (Å²) in [4.78, 5) is 2.66. The summed E-state index contributed by atoms with van der Waals surface area (Å²) in [5, 5.41) is 3.63. The topological polar surface area (TPSA) is 24.5 Å². The molecule has 0 aromatic heterocycles. The zero-order chi connectivity index (χ0) is 12.1. The maximum absolute atomic E-state index is 5.50. The van der Waals surface area contributed by atoms with Crippen LogP contribution in [0.1, 0.15) is 32.6 Å². The molecule has 0 bridgehead atoms. The molecule has 0 spiro atoms. The van der Waals surface area contributed by atoms with E-state index < -0.39 is 0 Å². The minimum absolute atomic E-state index is 0.697. The molecule has 2 aliphatic rings. The van der Waals surface area contributed by atoms with Crippen LogP contribution in [0.5, 0.6) is 0 Å². The van der Waals surface area contributed by atoms with Gasteiger partial charge in [0.05, 0.1) is 13.2 Å². The Morgan fingerprint density at radius 3 is 3.12 bits per heavy atom. The van der Waals surface area contributed by atoms with Crippen molar-refractivity contribution in [2.75, 3.05) is 32.8 Å². The molecule has 2 saturated heterocycles. The van der Waals surface area contributed by atoms with Crippen LogP contribution in [0.2, 0.25) is 0 Å². The summed E-state index contributed by atoms with van der Waals surface area (Å²) < 4.78 is 5.50. The third-order valence-corrected chi connectivity index (χ3v) is 3.85. The van der Waals surface area contributed by atoms with Crippen LogP contribution in [0.4, 0.5) is 0 Å². The van der Waals surface area contributed by atoms with Crippen molar-refractivity contribution < 1.29 is 4.74 Å². The molecular formula is C14H26N2O. The standard InChI is InChI=1S/C14H26N2O/c1-12(2)11-17-9-6-15-13-5-8-16-7-3-4-14(16)10-13/h13-15H,1,3-11H2,2H3. The lowest BCUT2D eigenvalue weighted by Gasteiger charge is -2.35. The highest BCUT2D eigenvalue weighted by molar-refractivity contribution is 4.89. The van der Waals surface area contributed by atoms with E-state index in [4.69, 9.17) is 4.74 Å². The number of ether oxygens (including phenoxy) is 1. The third-order valence-electron chi connectivity index (χ3n) is 3.85. The Hall–Kier alpha value is -0.380. The van der Waals surface area contributed by atoms with Crippen LogP contribution in [0.15, 0.2) is 12.2 Å². The molecule has 0 amide bonds. The van der Waals surface area contributed by atoms with Crippen molar-refractivity contribution in [3.05, 3.63) is 12.2 Å². The van der Waals surface area contributed by atoms with Gasteiger partial charge in [0.25, 0.3) is 0 Å². The van der Waals surface area contributed by atoms with Crippen LogP contribution < -0.4 is 5.32 Å². The van der Waals surface area contributed by atoms with Crippen molar-refractivity contribution in [3.63, 3.8) is 0 Å². The van der Waals surface area contributed by atoms with E-state index >= 15 is 0 Å². The lowest BCUT2D eigenvalue weighted by atomic mass is 9.98. The van der Waals surface area contributed by atoms with Gasteiger partial charge >= 0.3 is 0 Å². The second kappa shape index (κ2) is 6.53. The highest BCUT2D eigenvalue weighted by Crippen LogP contribution is 2.26. The summed E-state index contributed by atoms with van der Waals surface area (Å²) in [6.07, 6.45) is 5.45. The van der Waals surface area contributed by atoms with E-state index in [1.165, 1.54) is 38.8 Å². The van der Waals surface area contributed by atoms with Gasteiger partial charge in [0.2, 0.25) is 0 Å². The van der Waals surface area contributed by atoms with Crippen LogP contribution in [0, 0.1) is 0 Å². The van der Waals surface area contributed by atoms with E-state index in [2.05, 4.69) is 16.8 Å². The van der Waals surface area contributed by atoms with Crippen molar-refractivity contribution in [3.8, 4) is 0 Å². The number of fused-ring (bicyclic) bond motifs is 1. The minimum atomic E-state index is 0.697. The molecule has 2 unspecified atom stereocenters. The number of rotatable bonds is 6. The number of nitrogens with one attached hydrogen (secondary N) is 1. The first-order chi connectivity index (χ1) is 8.25. The van der Waals surface area contributed by atoms with Crippen LogP contribution >= 0.6 is 0 Å². The fourth-order valence-corrected chi connectivity index (χ4v) is 2.99. The van der Waals surface area contributed by atoms with E-state index in [9.17, 15) is 0 Å². The molecule has 0 radical (unpaired) electrons.